The Morgan fingerprint density at radius 3 is 2.83 bits per heavy atom. The maximum Gasteiger partial charge on any atom is 0.256 e. The minimum atomic E-state index is -0.548. The van der Waals surface area contributed by atoms with Crippen LogP contribution < -0.4 is 10.6 Å². The van der Waals surface area contributed by atoms with Gasteiger partial charge in [-0.25, -0.2) is 4.68 Å². The van der Waals surface area contributed by atoms with Gasteiger partial charge in [-0.15, -0.1) is 16.4 Å². The molecule has 1 atom stereocenters. The average Bonchev–Trinajstić information content (AvgIpc) is 3.48. The molecule has 0 bridgehead atoms. The van der Waals surface area contributed by atoms with Gasteiger partial charge in [0, 0.05) is 11.9 Å². The average molecular weight is 418 g/mol. The second kappa shape index (κ2) is 7.27. The number of fused-ring (bicyclic) bond motifs is 1. The van der Waals surface area contributed by atoms with Crippen molar-refractivity contribution in [2.75, 3.05) is 10.6 Å². The summed E-state index contributed by atoms with van der Waals surface area (Å²) in [6.45, 7) is 3.72. The molecule has 1 aliphatic heterocycles. The topological polar surface area (TPSA) is 97.9 Å². The first-order valence-corrected chi connectivity index (χ1v) is 10.2. The van der Waals surface area contributed by atoms with Gasteiger partial charge in [-0.1, -0.05) is 6.07 Å². The highest BCUT2D eigenvalue weighted by molar-refractivity contribution is 7.13. The molecule has 4 aromatic rings. The first-order valence-electron chi connectivity index (χ1n) is 9.36. The molecule has 1 unspecified atom stereocenters. The molecule has 1 aliphatic rings. The van der Waals surface area contributed by atoms with E-state index >= 15 is 0 Å². The molecule has 5 rings (SSSR count). The number of carbonyl (C=O) groups is 1. The Balaban J connectivity index is 1.59. The third-order valence-corrected chi connectivity index (χ3v) is 5.65. The molecule has 1 amide bonds. The van der Waals surface area contributed by atoms with Gasteiger partial charge in [0.25, 0.3) is 5.91 Å². The second-order valence-corrected chi connectivity index (χ2v) is 7.84. The molecule has 4 aromatic heterocycles. The van der Waals surface area contributed by atoms with Crippen molar-refractivity contribution in [2.24, 2.45) is 0 Å². The number of hydrogen-bond donors (Lipinski definition) is 2. The molecule has 30 heavy (non-hydrogen) atoms. The molecule has 150 valence electrons. The summed E-state index contributed by atoms with van der Waals surface area (Å²) in [6, 6.07) is 10.7. The quantitative estimate of drug-likeness (QED) is 0.515. The van der Waals surface area contributed by atoms with Gasteiger partial charge in [0.2, 0.25) is 5.95 Å². The van der Waals surface area contributed by atoms with Crippen LogP contribution in [0.3, 0.4) is 0 Å². The van der Waals surface area contributed by atoms with Gasteiger partial charge in [0.15, 0.2) is 5.82 Å². The summed E-state index contributed by atoms with van der Waals surface area (Å²) in [5.41, 5.74) is 1.80. The molecule has 0 radical (unpaired) electrons. The number of hydrogen-bond acceptors (Lipinski definition) is 7. The molecule has 0 aromatic carbocycles. The largest absolute Gasteiger partial charge is 0.464 e. The van der Waals surface area contributed by atoms with E-state index in [1.54, 1.807) is 40.5 Å². The second-order valence-electron chi connectivity index (χ2n) is 6.89. The molecule has 5 heterocycles. The summed E-state index contributed by atoms with van der Waals surface area (Å²) in [6.07, 6.45) is 3.26. The van der Waals surface area contributed by atoms with Crippen LogP contribution in [0, 0.1) is 6.92 Å². The van der Waals surface area contributed by atoms with E-state index in [2.05, 4.69) is 20.6 Å². The first kappa shape index (κ1) is 18.3. The maximum atomic E-state index is 13.3. The molecule has 8 nitrogen and oxygen atoms in total. The molecule has 0 saturated carbocycles. The zero-order valence-corrected chi connectivity index (χ0v) is 17.1. The van der Waals surface area contributed by atoms with Crippen molar-refractivity contribution < 1.29 is 9.21 Å². The Morgan fingerprint density at radius 2 is 2.13 bits per heavy atom. The van der Waals surface area contributed by atoms with Crippen molar-refractivity contribution in [2.45, 2.75) is 19.9 Å². The number of pyridine rings is 1. The number of anilines is 2. The predicted molar refractivity (Wildman–Crippen MR) is 114 cm³/mol. The standard InChI is InChI=1S/C21H18N6O2S/c1-12-7-8-15(29-12)18-17(20(28)24-14-5-3-9-22-11-14)13(2)23-21-25-19(26-27(18)21)16-6-4-10-30-16/h3-11,18H,1-2H3,(H,24,28)(H,23,25,26). The highest BCUT2D eigenvalue weighted by atomic mass is 32.1. The number of allylic oxidation sites excluding steroid dienone is 1. The zero-order chi connectivity index (χ0) is 20.7. The number of nitrogens with zero attached hydrogens (tertiary/aromatic N) is 4. The third kappa shape index (κ3) is 3.18. The van der Waals surface area contributed by atoms with Crippen LogP contribution in [0.25, 0.3) is 10.7 Å². The molecule has 2 N–H and O–H groups in total. The smallest absolute Gasteiger partial charge is 0.256 e. The summed E-state index contributed by atoms with van der Waals surface area (Å²) in [4.78, 5) is 22.9. The fourth-order valence-corrected chi connectivity index (χ4v) is 4.11. The van der Waals surface area contributed by atoms with Crippen LogP contribution in [0.15, 0.2) is 69.9 Å². The highest BCUT2D eigenvalue weighted by Crippen LogP contribution is 2.37. The Bertz CT molecular complexity index is 1240. The fourth-order valence-electron chi connectivity index (χ4n) is 3.45. The Labute approximate surface area is 176 Å². The predicted octanol–water partition coefficient (Wildman–Crippen LogP) is 4.23. The molecule has 0 fully saturated rings. The van der Waals surface area contributed by atoms with Gasteiger partial charge in [-0.05, 0) is 49.6 Å². The van der Waals surface area contributed by atoms with Crippen molar-refractivity contribution in [3.63, 3.8) is 0 Å². The Morgan fingerprint density at radius 1 is 1.23 bits per heavy atom. The van der Waals surface area contributed by atoms with Gasteiger partial charge in [0.05, 0.1) is 22.3 Å². The maximum absolute atomic E-state index is 13.3. The van der Waals surface area contributed by atoms with Gasteiger partial charge >= 0.3 is 0 Å². The fraction of sp³-hybridized carbons (Fsp3) is 0.143. The summed E-state index contributed by atoms with van der Waals surface area (Å²) in [5, 5.41) is 12.8. The van der Waals surface area contributed by atoms with E-state index in [0.717, 1.165) is 10.6 Å². The van der Waals surface area contributed by atoms with Gasteiger partial charge in [0.1, 0.15) is 17.6 Å². The first-order chi connectivity index (χ1) is 14.6. The highest BCUT2D eigenvalue weighted by Gasteiger charge is 2.36. The lowest BCUT2D eigenvalue weighted by Crippen LogP contribution is -2.31. The van der Waals surface area contributed by atoms with Gasteiger partial charge < -0.3 is 15.1 Å². The van der Waals surface area contributed by atoms with E-state index in [0.29, 0.717) is 34.5 Å². The number of rotatable bonds is 4. The molecular formula is C21H18N6O2S. The minimum absolute atomic E-state index is 0.258. The summed E-state index contributed by atoms with van der Waals surface area (Å²) >= 11 is 1.56. The molecule has 0 aliphatic carbocycles. The number of furan rings is 1. The number of thiophene rings is 1. The number of aromatic nitrogens is 4. The number of aryl methyl sites for hydroxylation is 1. The Hall–Kier alpha value is -3.72. The van der Waals surface area contributed by atoms with Crippen LogP contribution in [0.5, 0.6) is 0 Å². The molecular weight excluding hydrogens is 400 g/mol. The SMILES string of the molecule is CC1=C(C(=O)Nc2cccnc2)C(c2ccc(C)o2)n2nc(-c3cccs3)nc2N1. The van der Waals surface area contributed by atoms with Crippen molar-refractivity contribution in [3.8, 4) is 10.7 Å². The number of amides is 1. The number of nitrogens with one attached hydrogen (secondary N) is 2. The van der Waals surface area contributed by atoms with Crippen LogP contribution in [0.2, 0.25) is 0 Å². The van der Waals surface area contributed by atoms with Crippen molar-refractivity contribution in [1.29, 1.82) is 0 Å². The summed E-state index contributed by atoms with van der Waals surface area (Å²) in [7, 11) is 0. The summed E-state index contributed by atoms with van der Waals surface area (Å²) in [5.74, 6) is 2.28. The van der Waals surface area contributed by atoms with E-state index in [4.69, 9.17) is 9.52 Å². The molecule has 0 saturated heterocycles. The monoisotopic (exact) mass is 418 g/mol. The van der Waals surface area contributed by atoms with Crippen LogP contribution in [-0.4, -0.2) is 25.7 Å². The Kier molecular flexibility index (Phi) is 4.44. The lowest BCUT2D eigenvalue weighted by atomic mass is 10.00. The van der Waals surface area contributed by atoms with Crippen molar-refractivity contribution in [3.05, 3.63) is 77.0 Å². The minimum Gasteiger partial charge on any atom is -0.464 e. The van der Waals surface area contributed by atoms with Crippen LogP contribution in [0.1, 0.15) is 24.5 Å². The van der Waals surface area contributed by atoms with Crippen LogP contribution in [0.4, 0.5) is 11.6 Å². The lowest BCUT2D eigenvalue weighted by molar-refractivity contribution is -0.113. The van der Waals surface area contributed by atoms with E-state index in [1.165, 1.54) is 0 Å². The van der Waals surface area contributed by atoms with Gasteiger partial charge in [-0.2, -0.15) is 4.98 Å². The van der Waals surface area contributed by atoms with E-state index < -0.39 is 6.04 Å². The lowest BCUT2D eigenvalue weighted by Gasteiger charge is -2.27. The normalized spacial score (nSPS) is 15.6. The third-order valence-electron chi connectivity index (χ3n) is 4.79. The number of carbonyl (C=O) groups excluding carboxylic acids is 1. The van der Waals surface area contributed by atoms with Gasteiger partial charge in [-0.3, -0.25) is 9.78 Å². The van der Waals surface area contributed by atoms with E-state index in [1.807, 2.05) is 43.5 Å². The van der Waals surface area contributed by atoms with Crippen LogP contribution >= 0.6 is 11.3 Å². The van der Waals surface area contributed by atoms with Crippen LogP contribution in [-0.2, 0) is 4.79 Å². The zero-order valence-electron chi connectivity index (χ0n) is 16.3. The van der Waals surface area contributed by atoms with E-state index in [-0.39, 0.29) is 5.91 Å². The van der Waals surface area contributed by atoms with Crippen molar-refractivity contribution in [1.82, 2.24) is 19.7 Å². The molecule has 9 heteroatoms. The summed E-state index contributed by atoms with van der Waals surface area (Å²) < 4.78 is 7.63. The molecule has 0 spiro atoms. The van der Waals surface area contributed by atoms with E-state index in [9.17, 15) is 4.79 Å². The van der Waals surface area contributed by atoms with Crippen molar-refractivity contribution >= 4 is 28.9 Å².